The number of ether oxygens (including phenoxy) is 2. The van der Waals surface area contributed by atoms with Gasteiger partial charge in [-0.2, -0.15) is 0 Å². The second-order valence-electron chi connectivity index (χ2n) is 5.18. The zero-order chi connectivity index (χ0) is 13.8. The first-order valence-electron chi connectivity index (χ1n) is 5.36. The smallest absolute Gasteiger partial charge is 0.0662 e. The average Bonchev–Trinajstić information content (AvgIpc) is 1.99. The van der Waals surface area contributed by atoms with Crippen LogP contribution >= 0.6 is 0 Å². The molecule has 0 atom stereocenters. The van der Waals surface area contributed by atoms with E-state index < -0.39 is 0 Å². The molecular weight excluding hydrogens is 208 g/mol. The monoisotopic (exact) mass is 238 g/mol. The van der Waals surface area contributed by atoms with E-state index in [0.29, 0.717) is 0 Å². The highest BCUT2D eigenvalue weighted by molar-refractivity contribution is 4.68. The lowest BCUT2D eigenvalue weighted by molar-refractivity contribution is -0.102. The molecule has 0 spiro atoms. The Morgan fingerprint density at radius 3 is 0.938 bits per heavy atom. The number of aliphatic hydroxyl groups excluding tert-OH is 2. The average molecular weight is 238 g/mol. The van der Waals surface area contributed by atoms with E-state index in [-0.39, 0.29) is 24.4 Å². The van der Waals surface area contributed by atoms with Gasteiger partial charge in [0, 0.05) is 14.2 Å². The maximum Gasteiger partial charge on any atom is 0.0662 e. The van der Waals surface area contributed by atoms with Crippen molar-refractivity contribution >= 4 is 0 Å². The summed E-state index contributed by atoms with van der Waals surface area (Å²) in [5.74, 6) is 0. The van der Waals surface area contributed by atoms with Gasteiger partial charge in [-0.1, -0.05) is 0 Å². The molecule has 0 amide bonds. The first-order valence-corrected chi connectivity index (χ1v) is 5.36. The minimum absolute atomic E-state index is 0.0156. The van der Waals surface area contributed by atoms with Gasteiger partial charge in [0.1, 0.15) is 0 Å². The van der Waals surface area contributed by atoms with Crippen molar-refractivity contribution in [1.29, 1.82) is 0 Å². The van der Waals surface area contributed by atoms with Crippen LogP contribution in [0.2, 0.25) is 0 Å². The van der Waals surface area contributed by atoms with E-state index in [2.05, 4.69) is 46.3 Å². The predicted octanol–water partition coefficient (Wildman–Crippen LogP) is 1.83. The highest BCUT2D eigenvalue weighted by Crippen LogP contribution is 2.17. The zero-order valence-electron chi connectivity index (χ0n) is 12.1. The molecule has 0 aromatic rings. The van der Waals surface area contributed by atoms with Gasteiger partial charge in [-0.15, -0.1) is 0 Å². The Labute approximate surface area is 101 Å². The molecule has 102 valence electrons. The molecular formula is C12H30O4. The van der Waals surface area contributed by atoms with Crippen molar-refractivity contribution in [3.05, 3.63) is 0 Å². The summed E-state index contributed by atoms with van der Waals surface area (Å²) < 4.78 is 9.88. The van der Waals surface area contributed by atoms with Crippen molar-refractivity contribution in [1.82, 2.24) is 0 Å². The molecule has 0 aliphatic heterocycles. The first kappa shape index (κ1) is 21.2. The lowest BCUT2D eigenvalue weighted by atomic mass is 10.1. The van der Waals surface area contributed by atoms with Crippen LogP contribution in [0.3, 0.4) is 0 Å². The standard InChI is InChI=1S/C8H18O.C2H6O2.C2H6O/c1-7(2,3)9-8(4,5)6;3-1-2-4;1-3-2/h1-6H3;3-4H,1-2H2;1-2H3. The molecule has 0 radical (unpaired) electrons. The van der Waals surface area contributed by atoms with Crippen LogP contribution in [0.5, 0.6) is 0 Å². The van der Waals surface area contributed by atoms with Gasteiger partial charge >= 0.3 is 0 Å². The Hall–Kier alpha value is -0.160. The summed E-state index contributed by atoms with van der Waals surface area (Å²) >= 11 is 0. The van der Waals surface area contributed by atoms with E-state index in [1.54, 1.807) is 14.2 Å². The Morgan fingerprint density at radius 2 is 0.938 bits per heavy atom. The third-order valence-electron chi connectivity index (χ3n) is 0.712. The third-order valence-corrected chi connectivity index (χ3v) is 0.712. The molecule has 0 aliphatic rings. The van der Waals surface area contributed by atoms with Crippen LogP contribution in [0.1, 0.15) is 41.5 Å². The van der Waals surface area contributed by atoms with Crippen LogP contribution in [0.25, 0.3) is 0 Å². The molecule has 0 bridgehead atoms. The molecule has 0 unspecified atom stereocenters. The Bertz CT molecular complexity index is 108. The Morgan fingerprint density at radius 1 is 0.750 bits per heavy atom. The van der Waals surface area contributed by atoms with E-state index >= 15 is 0 Å². The molecule has 16 heavy (non-hydrogen) atoms. The van der Waals surface area contributed by atoms with E-state index in [4.69, 9.17) is 14.9 Å². The lowest BCUT2D eigenvalue weighted by Crippen LogP contribution is -2.31. The molecule has 2 N–H and O–H groups in total. The van der Waals surface area contributed by atoms with Crippen molar-refractivity contribution in [3.8, 4) is 0 Å². The minimum atomic E-state index is -0.125. The van der Waals surface area contributed by atoms with Crippen LogP contribution in [0.15, 0.2) is 0 Å². The van der Waals surface area contributed by atoms with Gasteiger partial charge < -0.3 is 19.7 Å². The SMILES string of the molecule is CC(C)(C)OC(C)(C)C.COC.OCCO. The molecule has 4 nitrogen and oxygen atoms in total. The highest BCUT2D eigenvalue weighted by Gasteiger charge is 2.19. The van der Waals surface area contributed by atoms with Crippen molar-refractivity contribution in [2.24, 2.45) is 0 Å². The Kier molecular flexibility index (Phi) is 15.0. The van der Waals surface area contributed by atoms with Gasteiger partial charge in [-0.05, 0) is 41.5 Å². The summed E-state index contributed by atoms with van der Waals surface area (Å²) in [7, 11) is 3.25. The molecule has 0 rings (SSSR count). The van der Waals surface area contributed by atoms with E-state index in [0.717, 1.165) is 0 Å². The second-order valence-corrected chi connectivity index (χ2v) is 5.18. The number of aliphatic hydroxyl groups is 2. The van der Waals surface area contributed by atoms with Crippen molar-refractivity contribution in [3.63, 3.8) is 0 Å². The molecule has 0 saturated heterocycles. The minimum Gasteiger partial charge on any atom is -0.394 e. The molecule has 0 aromatic carbocycles. The number of hydrogen-bond donors (Lipinski definition) is 2. The highest BCUT2D eigenvalue weighted by atomic mass is 16.5. The van der Waals surface area contributed by atoms with Crippen molar-refractivity contribution in [2.45, 2.75) is 52.7 Å². The Balaban J connectivity index is -0.000000201. The van der Waals surface area contributed by atoms with Gasteiger partial charge in [-0.3, -0.25) is 0 Å². The van der Waals surface area contributed by atoms with Crippen LogP contribution < -0.4 is 0 Å². The topological polar surface area (TPSA) is 58.9 Å². The zero-order valence-corrected chi connectivity index (χ0v) is 12.1. The number of rotatable bonds is 1. The predicted molar refractivity (Wildman–Crippen MR) is 67.7 cm³/mol. The van der Waals surface area contributed by atoms with Gasteiger partial charge in [0.15, 0.2) is 0 Å². The summed E-state index contributed by atoms with van der Waals surface area (Å²) in [4.78, 5) is 0. The van der Waals surface area contributed by atoms with E-state index in [9.17, 15) is 0 Å². The molecule has 0 heterocycles. The fourth-order valence-corrected chi connectivity index (χ4v) is 0.919. The van der Waals surface area contributed by atoms with Crippen molar-refractivity contribution in [2.75, 3.05) is 27.4 Å². The van der Waals surface area contributed by atoms with Gasteiger partial charge in [0.25, 0.3) is 0 Å². The fourth-order valence-electron chi connectivity index (χ4n) is 0.919. The van der Waals surface area contributed by atoms with Gasteiger partial charge in [-0.25, -0.2) is 0 Å². The summed E-state index contributed by atoms with van der Waals surface area (Å²) in [6.45, 7) is 12.2. The molecule has 0 saturated carbocycles. The molecule has 0 fully saturated rings. The second kappa shape index (κ2) is 11.3. The summed E-state index contributed by atoms with van der Waals surface area (Å²) in [5, 5.41) is 15.2. The molecule has 0 aliphatic carbocycles. The van der Waals surface area contributed by atoms with Crippen LogP contribution in [-0.2, 0) is 9.47 Å². The number of hydrogen-bond acceptors (Lipinski definition) is 4. The largest absolute Gasteiger partial charge is 0.394 e. The summed E-state index contributed by atoms with van der Waals surface area (Å²) in [6.07, 6.45) is 0. The third kappa shape index (κ3) is 48.8. The van der Waals surface area contributed by atoms with Gasteiger partial charge in [0.05, 0.1) is 24.4 Å². The van der Waals surface area contributed by atoms with E-state index in [1.807, 2.05) is 0 Å². The van der Waals surface area contributed by atoms with Crippen LogP contribution in [0, 0.1) is 0 Å². The van der Waals surface area contributed by atoms with Crippen molar-refractivity contribution < 1.29 is 19.7 Å². The normalized spacial score (nSPS) is 10.9. The maximum atomic E-state index is 7.62. The van der Waals surface area contributed by atoms with Gasteiger partial charge in [0.2, 0.25) is 0 Å². The fraction of sp³-hybridized carbons (Fsp3) is 1.00. The molecule has 4 heteroatoms. The number of methoxy groups -OCH3 is 1. The quantitative estimate of drug-likeness (QED) is 0.732. The van der Waals surface area contributed by atoms with Crippen LogP contribution in [0.4, 0.5) is 0 Å². The maximum absolute atomic E-state index is 7.62. The summed E-state index contributed by atoms with van der Waals surface area (Å²) in [5.41, 5.74) is -0.0312. The van der Waals surface area contributed by atoms with E-state index in [1.165, 1.54) is 0 Å². The lowest BCUT2D eigenvalue weighted by Gasteiger charge is -2.30. The molecule has 0 aromatic heterocycles. The van der Waals surface area contributed by atoms with Crippen LogP contribution in [-0.4, -0.2) is 48.8 Å². The summed E-state index contributed by atoms with van der Waals surface area (Å²) in [6, 6.07) is 0. The first-order chi connectivity index (χ1) is 7.04.